The molecule has 0 fully saturated rings. The van der Waals surface area contributed by atoms with Crippen LogP contribution in [-0.2, 0) is 9.53 Å². The summed E-state index contributed by atoms with van der Waals surface area (Å²) in [5.74, 6) is -0.148. The lowest BCUT2D eigenvalue weighted by molar-refractivity contribution is -0.151. The summed E-state index contributed by atoms with van der Waals surface area (Å²) in [7, 11) is 0. The minimum absolute atomic E-state index is 0.0849. The van der Waals surface area contributed by atoms with Gasteiger partial charge in [0, 0.05) is 0 Å². The number of unbranched alkanes of at least 4 members (excludes halogenated alkanes) is 2. The highest BCUT2D eigenvalue weighted by atomic mass is 16.5. The van der Waals surface area contributed by atoms with Crippen LogP contribution in [0.1, 0.15) is 39.5 Å². The third-order valence-corrected chi connectivity index (χ3v) is 3.84. The fourth-order valence-corrected chi connectivity index (χ4v) is 2.57. The monoisotopic (exact) mass is 267 g/mol. The van der Waals surface area contributed by atoms with Gasteiger partial charge in [0.15, 0.2) is 5.76 Å². The molecule has 2 aliphatic heterocycles. The topological polar surface area (TPSA) is 78.8 Å². The minimum Gasteiger partial charge on any atom is -0.485 e. The summed E-state index contributed by atoms with van der Waals surface area (Å²) in [5, 5.41) is 23.2. The molecule has 3 atom stereocenters. The Morgan fingerprint density at radius 2 is 2.16 bits per heavy atom. The Hall–Kier alpha value is -1.33. The predicted octanol–water partition coefficient (Wildman–Crippen LogP) is 0.975. The van der Waals surface area contributed by atoms with E-state index in [4.69, 9.17) is 4.74 Å². The molecular weight excluding hydrogens is 246 g/mol. The molecule has 106 valence electrons. The van der Waals surface area contributed by atoms with Gasteiger partial charge in [0.2, 0.25) is 0 Å². The van der Waals surface area contributed by atoms with Gasteiger partial charge < -0.3 is 20.3 Å². The van der Waals surface area contributed by atoms with Gasteiger partial charge in [-0.15, -0.1) is 0 Å². The van der Waals surface area contributed by atoms with Crippen molar-refractivity contribution in [3.8, 4) is 0 Å². The molecule has 3 N–H and O–H groups in total. The van der Waals surface area contributed by atoms with Gasteiger partial charge in [-0.3, -0.25) is 4.79 Å². The third kappa shape index (κ3) is 2.28. The molecule has 5 heteroatoms. The number of rotatable bonds is 4. The molecule has 0 spiro atoms. The van der Waals surface area contributed by atoms with Crippen molar-refractivity contribution >= 4 is 5.91 Å². The maximum absolute atomic E-state index is 11.7. The fraction of sp³-hybridized carbons (Fsp3) is 0.643. The molecule has 0 saturated heterocycles. The SMILES string of the molecule is C=C1NC(=O)C2=C1OC(CCCCC)C(C)(O)C2O. The van der Waals surface area contributed by atoms with E-state index >= 15 is 0 Å². The van der Waals surface area contributed by atoms with E-state index in [1.54, 1.807) is 0 Å². The van der Waals surface area contributed by atoms with Crippen molar-refractivity contribution in [3.63, 3.8) is 0 Å². The lowest BCUT2D eigenvalue weighted by Crippen LogP contribution is -2.55. The van der Waals surface area contributed by atoms with Gasteiger partial charge >= 0.3 is 0 Å². The van der Waals surface area contributed by atoms with E-state index in [1.807, 2.05) is 0 Å². The molecule has 19 heavy (non-hydrogen) atoms. The zero-order chi connectivity index (χ0) is 14.2. The van der Waals surface area contributed by atoms with Gasteiger partial charge in [-0.2, -0.15) is 0 Å². The number of aliphatic hydroxyl groups is 2. The van der Waals surface area contributed by atoms with Gasteiger partial charge in [-0.05, 0) is 19.8 Å². The number of nitrogens with one attached hydrogen (secondary N) is 1. The standard InChI is InChI=1S/C14H21NO4/c1-4-5-6-7-9-14(3,18)12(16)10-11(19-9)8(2)15-13(10)17/h9,12,16,18H,2,4-7H2,1,3H3,(H,15,17). The lowest BCUT2D eigenvalue weighted by atomic mass is 9.82. The van der Waals surface area contributed by atoms with Crippen molar-refractivity contribution in [1.82, 2.24) is 5.32 Å². The molecule has 0 bridgehead atoms. The van der Waals surface area contributed by atoms with Gasteiger partial charge in [0.1, 0.15) is 17.8 Å². The summed E-state index contributed by atoms with van der Waals surface area (Å²) in [6.07, 6.45) is 1.87. The zero-order valence-corrected chi connectivity index (χ0v) is 11.4. The molecule has 2 rings (SSSR count). The number of hydrogen-bond acceptors (Lipinski definition) is 4. The van der Waals surface area contributed by atoms with Crippen molar-refractivity contribution in [2.75, 3.05) is 0 Å². The molecule has 2 heterocycles. The molecule has 0 saturated carbocycles. The first kappa shape index (κ1) is 14.1. The van der Waals surface area contributed by atoms with Gasteiger partial charge in [-0.25, -0.2) is 0 Å². The number of ether oxygens (including phenoxy) is 1. The number of aliphatic hydroxyl groups excluding tert-OH is 1. The van der Waals surface area contributed by atoms with Gasteiger partial charge in [0.25, 0.3) is 5.91 Å². The van der Waals surface area contributed by atoms with Crippen LogP contribution in [0.3, 0.4) is 0 Å². The highest BCUT2D eigenvalue weighted by Gasteiger charge is 2.51. The summed E-state index contributed by atoms with van der Waals surface area (Å²) >= 11 is 0. The number of hydrogen-bond donors (Lipinski definition) is 3. The Labute approximate surface area is 113 Å². The first-order chi connectivity index (χ1) is 8.89. The minimum atomic E-state index is -1.46. The van der Waals surface area contributed by atoms with Crippen molar-refractivity contribution in [3.05, 3.63) is 23.6 Å². The first-order valence-corrected chi connectivity index (χ1v) is 6.71. The first-order valence-electron chi connectivity index (χ1n) is 6.71. The fourth-order valence-electron chi connectivity index (χ4n) is 2.57. The quantitative estimate of drug-likeness (QED) is 0.663. The van der Waals surface area contributed by atoms with Crippen molar-refractivity contribution in [2.24, 2.45) is 0 Å². The Morgan fingerprint density at radius 3 is 2.79 bits per heavy atom. The van der Waals surface area contributed by atoms with Crippen LogP contribution in [0.5, 0.6) is 0 Å². The molecule has 0 aliphatic carbocycles. The van der Waals surface area contributed by atoms with Crippen LogP contribution in [0.4, 0.5) is 0 Å². The molecule has 0 aromatic carbocycles. The van der Waals surface area contributed by atoms with Crippen molar-refractivity contribution in [2.45, 2.75) is 57.3 Å². The van der Waals surface area contributed by atoms with Gasteiger partial charge in [0.05, 0.1) is 11.3 Å². The molecule has 0 aromatic rings. The lowest BCUT2D eigenvalue weighted by Gasteiger charge is -2.40. The van der Waals surface area contributed by atoms with Crippen molar-refractivity contribution in [1.29, 1.82) is 0 Å². The zero-order valence-electron chi connectivity index (χ0n) is 11.4. The van der Waals surface area contributed by atoms with Crippen LogP contribution < -0.4 is 5.32 Å². The van der Waals surface area contributed by atoms with E-state index in [2.05, 4.69) is 18.8 Å². The van der Waals surface area contributed by atoms with Gasteiger partial charge in [-0.1, -0.05) is 26.3 Å². The van der Waals surface area contributed by atoms with E-state index in [0.29, 0.717) is 17.9 Å². The molecule has 3 unspecified atom stereocenters. The predicted molar refractivity (Wildman–Crippen MR) is 70.0 cm³/mol. The molecule has 0 radical (unpaired) electrons. The summed E-state index contributed by atoms with van der Waals surface area (Å²) in [6.45, 7) is 7.29. The average Bonchev–Trinajstić information content (AvgIpc) is 2.61. The third-order valence-electron chi connectivity index (χ3n) is 3.84. The molecule has 5 nitrogen and oxygen atoms in total. The van der Waals surface area contributed by atoms with Crippen LogP contribution >= 0.6 is 0 Å². The number of amides is 1. The normalized spacial score (nSPS) is 34.1. The second kappa shape index (κ2) is 4.98. The summed E-state index contributed by atoms with van der Waals surface area (Å²) in [6, 6.07) is 0. The second-order valence-corrected chi connectivity index (χ2v) is 5.41. The van der Waals surface area contributed by atoms with Crippen LogP contribution in [0.25, 0.3) is 0 Å². The van der Waals surface area contributed by atoms with Crippen LogP contribution in [0, 0.1) is 0 Å². The number of carbonyl (C=O) groups excluding carboxylic acids is 1. The van der Waals surface area contributed by atoms with Crippen LogP contribution in [0.15, 0.2) is 23.6 Å². The van der Waals surface area contributed by atoms with Crippen molar-refractivity contribution < 1.29 is 19.7 Å². The molecule has 2 aliphatic rings. The Kier molecular flexibility index (Phi) is 3.69. The maximum atomic E-state index is 11.7. The highest BCUT2D eigenvalue weighted by molar-refractivity contribution is 6.01. The van der Waals surface area contributed by atoms with E-state index in [1.165, 1.54) is 6.92 Å². The Balaban J connectivity index is 2.23. The van der Waals surface area contributed by atoms with Crippen LogP contribution in [0.2, 0.25) is 0 Å². The van der Waals surface area contributed by atoms with E-state index in [0.717, 1.165) is 19.3 Å². The smallest absolute Gasteiger partial charge is 0.258 e. The molecule has 0 aromatic heterocycles. The highest BCUT2D eigenvalue weighted by Crippen LogP contribution is 2.39. The number of carbonyl (C=O) groups is 1. The van der Waals surface area contributed by atoms with E-state index in [-0.39, 0.29) is 5.57 Å². The van der Waals surface area contributed by atoms with E-state index < -0.39 is 23.7 Å². The Bertz CT molecular complexity index is 439. The molecule has 1 amide bonds. The summed E-state index contributed by atoms with van der Waals surface area (Å²) in [4.78, 5) is 11.7. The summed E-state index contributed by atoms with van der Waals surface area (Å²) < 4.78 is 5.71. The Morgan fingerprint density at radius 1 is 1.47 bits per heavy atom. The van der Waals surface area contributed by atoms with E-state index in [9.17, 15) is 15.0 Å². The molecular formula is C14H21NO4. The summed E-state index contributed by atoms with van der Waals surface area (Å²) in [5.41, 5.74) is -1.02. The second-order valence-electron chi connectivity index (χ2n) is 5.41. The van der Waals surface area contributed by atoms with Crippen LogP contribution in [-0.4, -0.2) is 33.9 Å². The maximum Gasteiger partial charge on any atom is 0.258 e. The largest absolute Gasteiger partial charge is 0.485 e. The average molecular weight is 267 g/mol.